The fourth-order valence-electron chi connectivity index (χ4n) is 1.62. The molecule has 0 aromatic heterocycles. The maximum Gasteiger partial charge on any atom is 0.319 e. The van der Waals surface area contributed by atoms with Crippen molar-refractivity contribution < 1.29 is 14.7 Å². The first-order chi connectivity index (χ1) is 7.56. The topological polar surface area (TPSA) is 72.9 Å². The monoisotopic (exact) mass is 229 g/mol. The normalized spacial score (nSPS) is 15.8. The lowest BCUT2D eigenvalue weighted by atomic mass is 10.0. The lowest BCUT2D eigenvalue weighted by Crippen LogP contribution is -2.56. The van der Waals surface area contributed by atoms with Gasteiger partial charge in [-0.15, -0.1) is 0 Å². The van der Waals surface area contributed by atoms with Gasteiger partial charge in [-0.05, 0) is 20.0 Å². The van der Waals surface area contributed by atoms with Gasteiger partial charge in [0.1, 0.15) is 0 Å². The molecule has 1 aliphatic rings. The number of carbonyl (C=O) groups excluding carboxylic acids is 1. The summed E-state index contributed by atoms with van der Waals surface area (Å²) in [7, 11) is 3.61. The van der Waals surface area contributed by atoms with Gasteiger partial charge in [-0.3, -0.25) is 4.79 Å². The van der Waals surface area contributed by atoms with Crippen LogP contribution >= 0.6 is 0 Å². The van der Waals surface area contributed by atoms with Crippen LogP contribution in [0.15, 0.2) is 0 Å². The van der Waals surface area contributed by atoms with Crippen molar-refractivity contribution in [1.29, 1.82) is 0 Å². The molecule has 0 saturated carbocycles. The van der Waals surface area contributed by atoms with Crippen LogP contribution in [0.2, 0.25) is 0 Å². The summed E-state index contributed by atoms with van der Waals surface area (Å²) in [4.78, 5) is 25.5. The molecule has 2 N–H and O–H groups in total. The molecule has 1 saturated heterocycles. The molecule has 1 aliphatic heterocycles. The molecular formula is C10H19N3O3. The van der Waals surface area contributed by atoms with Crippen molar-refractivity contribution in [3.05, 3.63) is 0 Å². The average Bonchev–Trinajstić information content (AvgIpc) is 2.14. The van der Waals surface area contributed by atoms with Gasteiger partial charge in [0.05, 0.1) is 5.92 Å². The molecule has 0 atom stereocenters. The number of amides is 2. The van der Waals surface area contributed by atoms with Gasteiger partial charge in [-0.25, -0.2) is 4.79 Å². The number of urea groups is 1. The van der Waals surface area contributed by atoms with E-state index in [1.807, 2.05) is 7.05 Å². The van der Waals surface area contributed by atoms with Crippen molar-refractivity contribution in [3.63, 3.8) is 0 Å². The molecule has 0 bridgehead atoms. The quantitative estimate of drug-likeness (QED) is 0.633. The van der Waals surface area contributed by atoms with E-state index in [0.717, 1.165) is 13.0 Å². The van der Waals surface area contributed by atoms with Crippen molar-refractivity contribution >= 4 is 12.0 Å². The van der Waals surface area contributed by atoms with Gasteiger partial charge in [0.25, 0.3) is 0 Å². The second-order valence-corrected chi connectivity index (χ2v) is 4.10. The smallest absolute Gasteiger partial charge is 0.319 e. The lowest BCUT2D eigenvalue weighted by Gasteiger charge is -2.38. The van der Waals surface area contributed by atoms with E-state index in [1.165, 1.54) is 0 Å². The molecule has 0 aromatic carbocycles. The highest BCUT2D eigenvalue weighted by Crippen LogP contribution is 2.17. The molecule has 2 amide bonds. The van der Waals surface area contributed by atoms with Gasteiger partial charge in [0, 0.05) is 26.7 Å². The molecule has 1 heterocycles. The number of likely N-dealkylation sites (tertiary alicyclic amines) is 1. The number of hydrogen-bond donors (Lipinski definition) is 2. The molecule has 92 valence electrons. The number of aliphatic carboxylic acids is 1. The van der Waals surface area contributed by atoms with Crippen LogP contribution < -0.4 is 5.32 Å². The third kappa shape index (κ3) is 3.10. The Hall–Kier alpha value is -1.30. The standard InChI is InChI=1S/C10H19N3O3/c1-11-4-3-5-12(2)10(16)13-6-8(7-13)9(14)15/h8,11H,3-7H2,1-2H3,(H,14,15). The Bertz CT molecular complexity index is 264. The molecule has 16 heavy (non-hydrogen) atoms. The van der Waals surface area contributed by atoms with Gasteiger partial charge in [0.2, 0.25) is 0 Å². The summed E-state index contributed by atoms with van der Waals surface area (Å²) < 4.78 is 0. The van der Waals surface area contributed by atoms with Crippen LogP contribution in [0.25, 0.3) is 0 Å². The third-order valence-corrected chi connectivity index (χ3v) is 2.75. The van der Waals surface area contributed by atoms with E-state index in [0.29, 0.717) is 19.6 Å². The molecule has 0 aliphatic carbocycles. The van der Waals surface area contributed by atoms with Crippen molar-refractivity contribution in [3.8, 4) is 0 Å². The number of carboxylic acids is 1. The van der Waals surface area contributed by atoms with Crippen LogP contribution in [0.1, 0.15) is 6.42 Å². The summed E-state index contributed by atoms with van der Waals surface area (Å²) >= 11 is 0. The van der Waals surface area contributed by atoms with Crippen LogP contribution in [0.3, 0.4) is 0 Å². The Kier molecular flexibility index (Phi) is 4.54. The van der Waals surface area contributed by atoms with Gasteiger partial charge in [-0.1, -0.05) is 0 Å². The van der Waals surface area contributed by atoms with Crippen LogP contribution in [0, 0.1) is 5.92 Å². The van der Waals surface area contributed by atoms with Gasteiger partial charge in [-0.2, -0.15) is 0 Å². The van der Waals surface area contributed by atoms with Crippen LogP contribution in [-0.4, -0.2) is 67.2 Å². The van der Waals surface area contributed by atoms with Crippen molar-refractivity contribution in [2.24, 2.45) is 5.92 Å². The van der Waals surface area contributed by atoms with Gasteiger partial charge in [0.15, 0.2) is 0 Å². The Morgan fingerprint density at radius 2 is 2.12 bits per heavy atom. The second kappa shape index (κ2) is 5.69. The molecule has 0 radical (unpaired) electrons. The van der Waals surface area contributed by atoms with E-state index in [-0.39, 0.29) is 11.9 Å². The zero-order chi connectivity index (χ0) is 12.1. The molecule has 1 fully saturated rings. The van der Waals surface area contributed by atoms with E-state index in [4.69, 9.17) is 5.11 Å². The predicted molar refractivity (Wildman–Crippen MR) is 59.3 cm³/mol. The first-order valence-electron chi connectivity index (χ1n) is 5.43. The van der Waals surface area contributed by atoms with Crippen molar-refractivity contribution in [2.45, 2.75) is 6.42 Å². The average molecular weight is 229 g/mol. The zero-order valence-corrected chi connectivity index (χ0v) is 9.77. The summed E-state index contributed by atoms with van der Waals surface area (Å²) in [6.45, 7) is 2.23. The van der Waals surface area contributed by atoms with E-state index >= 15 is 0 Å². The highest BCUT2D eigenvalue weighted by molar-refractivity contribution is 5.79. The number of carboxylic acid groups (broad SMARTS) is 1. The Balaban J connectivity index is 2.23. The second-order valence-electron chi connectivity index (χ2n) is 4.10. The molecule has 0 spiro atoms. The third-order valence-electron chi connectivity index (χ3n) is 2.75. The summed E-state index contributed by atoms with van der Waals surface area (Å²) in [6.07, 6.45) is 0.898. The predicted octanol–water partition coefficient (Wildman–Crippen LogP) is -0.336. The summed E-state index contributed by atoms with van der Waals surface area (Å²) in [5, 5.41) is 11.7. The van der Waals surface area contributed by atoms with Gasteiger partial charge < -0.3 is 20.2 Å². The SMILES string of the molecule is CNCCCN(C)C(=O)N1CC(C(=O)O)C1. The number of carbonyl (C=O) groups is 2. The molecule has 6 nitrogen and oxygen atoms in total. The van der Waals surface area contributed by atoms with Crippen LogP contribution in [-0.2, 0) is 4.79 Å². The number of rotatable bonds is 5. The summed E-state index contributed by atoms with van der Waals surface area (Å²) in [5.74, 6) is -1.20. The van der Waals surface area contributed by atoms with E-state index in [9.17, 15) is 9.59 Å². The largest absolute Gasteiger partial charge is 0.481 e. The molecule has 0 unspecified atom stereocenters. The first-order valence-corrected chi connectivity index (χ1v) is 5.43. The number of nitrogens with one attached hydrogen (secondary N) is 1. The molecule has 1 rings (SSSR count). The van der Waals surface area contributed by atoms with Crippen molar-refractivity contribution in [2.75, 3.05) is 40.3 Å². The van der Waals surface area contributed by atoms with E-state index in [2.05, 4.69) is 5.32 Å². The van der Waals surface area contributed by atoms with Crippen LogP contribution in [0.4, 0.5) is 4.79 Å². The fraction of sp³-hybridized carbons (Fsp3) is 0.800. The van der Waals surface area contributed by atoms with Crippen LogP contribution in [0.5, 0.6) is 0 Å². The first kappa shape index (κ1) is 12.8. The number of hydrogen-bond acceptors (Lipinski definition) is 3. The lowest BCUT2D eigenvalue weighted by molar-refractivity contribution is -0.146. The maximum absolute atomic E-state index is 11.7. The highest BCUT2D eigenvalue weighted by Gasteiger charge is 2.36. The Morgan fingerprint density at radius 3 is 2.62 bits per heavy atom. The fourth-order valence-corrected chi connectivity index (χ4v) is 1.62. The van der Waals surface area contributed by atoms with E-state index < -0.39 is 5.97 Å². The highest BCUT2D eigenvalue weighted by atomic mass is 16.4. The maximum atomic E-state index is 11.7. The van der Waals surface area contributed by atoms with Gasteiger partial charge >= 0.3 is 12.0 Å². The van der Waals surface area contributed by atoms with E-state index in [1.54, 1.807) is 16.8 Å². The molecule has 0 aromatic rings. The zero-order valence-electron chi connectivity index (χ0n) is 9.77. The Morgan fingerprint density at radius 1 is 1.50 bits per heavy atom. The summed E-state index contributed by atoms with van der Waals surface area (Å²) in [6, 6.07) is -0.0754. The minimum absolute atomic E-state index is 0.0754. The number of nitrogens with zero attached hydrogens (tertiary/aromatic N) is 2. The minimum Gasteiger partial charge on any atom is -0.481 e. The Labute approximate surface area is 95.2 Å². The summed E-state index contributed by atoms with van der Waals surface area (Å²) in [5.41, 5.74) is 0. The molecule has 6 heteroatoms. The van der Waals surface area contributed by atoms with Crippen molar-refractivity contribution in [1.82, 2.24) is 15.1 Å². The minimum atomic E-state index is -0.818. The molecular weight excluding hydrogens is 210 g/mol.